The van der Waals surface area contributed by atoms with E-state index in [9.17, 15) is 0 Å². The maximum atomic E-state index is 5.20. The third kappa shape index (κ3) is 3.64. The van der Waals surface area contributed by atoms with Crippen molar-refractivity contribution < 1.29 is 4.74 Å². The lowest BCUT2D eigenvalue weighted by molar-refractivity contribution is 0.414. The van der Waals surface area contributed by atoms with Gasteiger partial charge in [0.1, 0.15) is 5.75 Å². The second kappa shape index (κ2) is 6.31. The quantitative estimate of drug-likeness (QED) is 0.846. The Hall–Kier alpha value is -1.80. The molecule has 21 heavy (non-hydrogen) atoms. The molecule has 2 aromatic rings. The highest BCUT2D eigenvalue weighted by molar-refractivity contribution is 5.30. The molecule has 0 saturated heterocycles. The third-order valence-electron chi connectivity index (χ3n) is 4.23. The summed E-state index contributed by atoms with van der Waals surface area (Å²) in [6, 6.07) is 17.6. The van der Waals surface area contributed by atoms with E-state index in [1.807, 2.05) is 12.1 Å². The number of benzene rings is 2. The van der Waals surface area contributed by atoms with Crippen molar-refractivity contribution >= 4 is 0 Å². The summed E-state index contributed by atoms with van der Waals surface area (Å²) < 4.78 is 5.20. The van der Waals surface area contributed by atoms with Gasteiger partial charge in [-0.05, 0) is 54.5 Å². The van der Waals surface area contributed by atoms with Gasteiger partial charge in [-0.1, -0.05) is 36.4 Å². The molecule has 0 aliphatic heterocycles. The fourth-order valence-corrected chi connectivity index (χ4v) is 2.66. The molecule has 1 aliphatic rings. The molecule has 2 aromatic carbocycles. The van der Waals surface area contributed by atoms with Gasteiger partial charge in [0.25, 0.3) is 0 Å². The second-order valence-corrected chi connectivity index (χ2v) is 5.90. The van der Waals surface area contributed by atoms with E-state index in [4.69, 9.17) is 4.74 Å². The van der Waals surface area contributed by atoms with Crippen LogP contribution in [0.1, 0.15) is 48.4 Å². The monoisotopic (exact) mass is 281 g/mol. The van der Waals surface area contributed by atoms with Crippen molar-refractivity contribution in [2.45, 2.75) is 38.3 Å². The summed E-state index contributed by atoms with van der Waals surface area (Å²) in [6.45, 7) is 3.11. The van der Waals surface area contributed by atoms with E-state index >= 15 is 0 Å². The van der Waals surface area contributed by atoms with E-state index < -0.39 is 0 Å². The molecule has 1 aliphatic carbocycles. The predicted octanol–water partition coefficient (Wildman–Crippen LogP) is 4.42. The Labute approximate surface area is 127 Å². The van der Waals surface area contributed by atoms with Gasteiger partial charge < -0.3 is 10.1 Å². The van der Waals surface area contributed by atoms with Crippen molar-refractivity contribution in [3.05, 3.63) is 65.2 Å². The minimum atomic E-state index is 0.334. The van der Waals surface area contributed by atoms with Crippen molar-refractivity contribution in [3.63, 3.8) is 0 Å². The summed E-state index contributed by atoms with van der Waals surface area (Å²) in [7, 11) is 1.70. The molecule has 0 amide bonds. The molecule has 1 saturated carbocycles. The van der Waals surface area contributed by atoms with E-state index in [1.165, 1.54) is 29.5 Å². The minimum absolute atomic E-state index is 0.334. The highest BCUT2D eigenvalue weighted by Crippen LogP contribution is 2.40. The van der Waals surface area contributed by atoms with Gasteiger partial charge in [0.05, 0.1) is 7.11 Å². The number of ether oxygens (including phenoxy) is 1. The largest absolute Gasteiger partial charge is 0.497 e. The van der Waals surface area contributed by atoms with Crippen molar-refractivity contribution in [1.82, 2.24) is 5.32 Å². The van der Waals surface area contributed by atoms with Crippen molar-refractivity contribution in [1.29, 1.82) is 0 Å². The first-order valence-corrected chi connectivity index (χ1v) is 7.72. The number of hydrogen-bond acceptors (Lipinski definition) is 2. The zero-order valence-corrected chi connectivity index (χ0v) is 12.8. The van der Waals surface area contributed by atoms with Crippen LogP contribution in [0, 0.1) is 0 Å². The van der Waals surface area contributed by atoms with Gasteiger partial charge in [0.15, 0.2) is 0 Å². The van der Waals surface area contributed by atoms with Crippen LogP contribution in [0.15, 0.2) is 48.5 Å². The molecule has 0 bridgehead atoms. The van der Waals surface area contributed by atoms with E-state index in [0.29, 0.717) is 6.04 Å². The normalized spacial score (nSPS) is 15.7. The summed E-state index contributed by atoms with van der Waals surface area (Å²) in [6.07, 6.45) is 2.72. The Morgan fingerprint density at radius 1 is 1.14 bits per heavy atom. The molecule has 1 atom stereocenters. The third-order valence-corrected chi connectivity index (χ3v) is 4.23. The first-order chi connectivity index (χ1) is 10.3. The molecule has 0 radical (unpaired) electrons. The predicted molar refractivity (Wildman–Crippen MR) is 86.7 cm³/mol. The molecule has 1 N–H and O–H groups in total. The summed E-state index contributed by atoms with van der Waals surface area (Å²) in [4.78, 5) is 0. The van der Waals surface area contributed by atoms with Gasteiger partial charge in [0.2, 0.25) is 0 Å². The zero-order chi connectivity index (χ0) is 14.7. The van der Waals surface area contributed by atoms with Crippen LogP contribution < -0.4 is 10.1 Å². The standard InChI is InChI=1S/C19H23NO/c1-14(16-8-10-19(21-2)11-9-16)20-13-15-4-3-5-18(12-15)17-6-7-17/h3-5,8-12,14,17,20H,6-7,13H2,1-2H3. The lowest BCUT2D eigenvalue weighted by Crippen LogP contribution is -2.18. The first kappa shape index (κ1) is 14.2. The van der Waals surface area contributed by atoms with Crippen molar-refractivity contribution in [2.75, 3.05) is 7.11 Å². The molecule has 0 aromatic heterocycles. The number of rotatable bonds is 6. The molecular weight excluding hydrogens is 258 g/mol. The zero-order valence-electron chi connectivity index (χ0n) is 12.8. The molecule has 2 heteroatoms. The fourth-order valence-electron chi connectivity index (χ4n) is 2.66. The number of nitrogens with one attached hydrogen (secondary N) is 1. The van der Waals surface area contributed by atoms with Crippen LogP contribution >= 0.6 is 0 Å². The Morgan fingerprint density at radius 3 is 2.57 bits per heavy atom. The van der Waals surface area contributed by atoms with Gasteiger partial charge in [-0.25, -0.2) is 0 Å². The molecule has 0 heterocycles. The van der Waals surface area contributed by atoms with Gasteiger partial charge in [-0.3, -0.25) is 0 Å². The molecule has 1 fully saturated rings. The van der Waals surface area contributed by atoms with Crippen LogP contribution in [-0.4, -0.2) is 7.11 Å². The van der Waals surface area contributed by atoms with Crippen LogP contribution in [0.25, 0.3) is 0 Å². The number of methoxy groups -OCH3 is 1. The lowest BCUT2D eigenvalue weighted by atomic mass is 10.1. The highest BCUT2D eigenvalue weighted by atomic mass is 16.5. The van der Waals surface area contributed by atoms with Crippen molar-refractivity contribution in [3.8, 4) is 5.75 Å². The van der Waals surface area contributed by atoms with E-state index in [2.05, 4.69) is 48.6 Å². The molecule has 3 rings (SSSR count). The van der Waals surface area contributed by atoms with Crippen LogP contribution in [0.3, 0.4) is 0 Å². The van der Waals surface area contributed by atoms with Crippen LogP contribution in [0.2, 0.25) is 0 Å². The maximum absolute atomic E-state index is 5.20. The molecular formula is C19H23NO. The smallest absolute Gasteiger partial charge is 0.118 e. The van der Waals surface area contributed by atoms with E-state index in [0.717, 1.165) is 18.2 Å². The Morgan fingerprint density at radius 2 is 1.90 bits per heavy atom. The minimum Gasteiger partial charge on any atom is -0.497 e. The van der Waals surface area contributed by atoms with Crippen molar-refractivity contribution in [2.24, 2.45) is 0 Å². The van der Waals surface area contributed by atoms with Gasteiger partial charge in [-0.15, -0.1) is 0 Å². The Bertz CT molecular complexity index is 587. The second-order valence-electron chi connectivity index (χ2n) is 5.90. The fraction of sp³-hybridized carbons (Fsp3) is 0.368. The summed E-state index contributed by atoms with van der Waals surface area (Å²) in [5, 5.41) is 3.60. The SMILES string of the molecule is COc1ccc(C(C)NCc2cccc(C3CC3)c2)cc1. The van der Waals surface area contributed by atoms with E-state index in [-0.39, 0.29) is 0 Å². The van der Waals surface area contributed by atoms with Gasteiger partial charge in [-0.2, -0.15) is 0 Å². The highest BCUT2D eigenvalue weighted by Gasteiger charge is 2.23. The van der Waals surface area contributed by atoms with Crippen LogP contribution in [0.5, 0.6) is 5.75 Å². The molecule has 2 nitrogen and oxygen atoms in total. The first-order valence-electron chi connectivity index (χ1n) is 7.72. The summed E-state index contributed by atoms with van der Waals surface area (Å²) >= 11 is 0. The average Bonchev–Trinajstić information content (AvgIpc) is 3.38. The maximum Gasteiger partial charge on any atom is 0.118 e. The van der Waals surface area contributed by atoms with Crippen LogP contribution in [0.4, 0.5) is 0 Å². The van der Waals surface area contributed by atoms with Gasteiger partial charge >= 0.3 is 0 Å². The molecule has 0 spiro atoms. The topological polar surface area (TPSA) is 21.3 Å². The summed E-state index contributed by atoms with van der Waals surface area (Å²) in [5.41, 5.74) is 4.17. The lowest BCUT2D eigenvalue weighted by Gasteiger charge is -2.15. The number of hydrogen-bond donors (Lipinski definition) is 1. The molecule has 110 valence electrons. The van der Waals surface area contributed by atoms with E-state index in [1.54, 1.807) is 7.11 Å². The van der Waals surface area contributed by atoms with Gasteiger partial charge in [0, 0.05) is 12.6 Å². The van der Waals surface area contributed by atoms with Crippen LogP contribution in [-0.2, 0) is 6.54 Å². The Balaban J connectivity index is 1.59. The summed E-state index contributed by atoms with van der Waals surface area (Å²) in [5.74, 6) is 1.73. The Kier molecular flexibility index (Phi) is 4.26. The molecule has 1 unspecified atom stereocenters. The average molecular weight is 281 g/mol.